The molecule has 0 unspecified atom stereocenters. The van der Waals surface area contributed by atoms with E-state index < -0.39 is 0 Å². The van der Waals surface area contributed by atoms with Crippen LogP contribution in [0.2, 0.25) is 5.02 Å². The second-order valence-electron chi connectivity index (χ2n) is 3.68. The van der Waals surface area contributed by atoms with Gasteiger partial charge in [0.25, 0.3) is 0 Å². The second-order valence-corrected chi connectivity index (χ2v) is 5.22. The molecule has 5 nitrogen and oxygen atoms in total. The van der Waals surface area contributed by atoms with Gasteiger partial charge in [-0.1, -0.05) is 11.6 Å². The van der Waals surface area contributed by atoms with E-state index in [1.807, 2.05) is 34.7 Å². The summed E-state index contributed by atoms with van der Waals surface area (Å²) in [4.78, 5) is 3.98. The molecule has 98 valence electrons. The summed E-state index contributed by atoms with van der Waals surface area (Å²) in [6, 6.07) is 8.57. The van der Waals surface area contributed by atoms with Gasteiger partial charge in [0.2, 0.25) is 5.88 Å². The Morgan fingerprint density at radius 2 is 2.05 bits per heavy atom. The van der Waals surface area contributed by atoms with Crippen molar-refractivity contribution < 1.29 is 4.74 Å². The van der Waals surface area contributed by atoms with E-state index in [-0.39, 0.29) is 16.5 Å². The quantitative estimate of drug-likeness (QED) is 0.619. The summed E-state index contributed by atoms with van der Waals surface area (Å²) in [5, 5.41) is 17.9. The molecule has 7 heteroatoms. The Bertz CT molecular complexity index is 741. The van der Waals surface area contributed by atoms with Crippen molar-refractivity contribution >= 4 is 39.9 Å². The summed E-state index contributed by atoms with van der Waals surface area (Å²) in [5.41, 5.74) is 6.85. The van der Waals surface area contributed by atoms with Crippen LogP contribution in [0.25, 0.3) is 0 Å². The maximum absolute atomic E-state index is 8.91. The summed E-state index contributed by atoms with van der Waals surface area (Å²) in [6.45, 7) is 0. The highest BCUT2D eigenvalue weighted by atomic mass is 127. The first-order chi connectivity index (χ1) is 9.56. The van der Waals surface area contributed by atoms with Gasteiger partial charge in [-0.3, -0.25) is 0 Å². The minimum Gasteiger partial charge on any atom is -0.434 e. The SMILES string of the molecule is N#Cc1cc(N)c(Oc2nccc(C#N)c2Cl)c(I)c1. The fourth-order valence-corrected chi connectivity index (χ4v) is 2.42. The zero-order valence-corrected chi connectivity index (χ0v) is 12.8. The van der Waals surface area contributed by atoms with E-state index in [9.17, 15) is 0 Å². The molecule has 1 aromatic heterocycles. The molecule has 0 amide bonds. The summed E-state index contributed by atoms with van der Waals surface area (Å²) < 4.78 is 6.23. The van der Waals surface area contributed by atoms with Crippen molar-refractivity contribution in [1.29, 1.82) is 10.5 Å². The standard InChI is InChI=1S/C13H6ClIN4O/c14-11-8(6-17)1-2-19-13(11)20-12-9(15)3-7(5-16)4-10(12)18/h1-4H,18H2. The van der Waals surface area contributed by atoms with Crippen LogP contribution in [0.4, 0.5) is 5.69 Å². The van der Waals surface area contributed by atoms with E-state index in [0.29, 0.717) is 20.6 Å². The third-order valence-electron chi connectivity index (χ3n) is 2.38. The van der Waals surface area contributed by atoms with Crippen molar-refractivity contribution in [1.82, 2.24) is 4.98 Å². The van der Waals surface area contributed by atoms with Gasteiger partial charge in [-0.15, -0.1) is 0 Å². The van der Waals surface area contributed by atoms with Crippen LogP contribution in [0.3, 0.4) is 0 Å². The number of aromatic nitrogens is 1. The van der Waals surface area contributed by atoms with Crippen LogP contribution < -0.4 is 10.5 Å². The Balaban J connectivity index is 2.47. The third-order valence-corrected chi connectivity index (χ3v) is 3.54. The third kappa shape index (κ3) is 2.77. The monoisotopic (exact) mass is 396 g/mol. The fraction of sp³-hybridized carbons (Fsp3) is 0. The molecule has 0 aliphatic rings. The first-order valence-corrected chi connectivity index (χ1v) is 6.74. The number of ether oxygens (including phenoxy) is 1. The minimum atomic E-state index is 0.0973. The maximum atomic E-state index is 8.91. The van der Waals surface area contributed by atoms with Gasteiger partial charge in [-0.2, -0.15) is 10.5 Å². The molecule has 0 atom stereocenters. The van der Waals surface area contributed by atoms with E-state index in [1.165, 1.54) is 18.3 Å². The molecule has 2 N–H and O–H groups in total. The van der Waals surface area contributed by atoms with Gasteiger partial charge >= 0.3 is 0 Å². The predicted molar refractivity (Wildman–Crippen MR) is 82.3 cm³/mol. The number of pyridine rings is 1. The van der Waals surface area contributed by atoms with Gasteiger partial charge in [0.05, 0.1) is 26.5 Å². The molecule has 2 aromatic rings. The Morgan fingerprint density at radius 3 is 2.65 bits per heavy atom. The minimum absolute atomic E-state index is 0.0973. The van der Waals surface area contributed by atoms with Crippen LogP contribution in [0.15, 0.2) is 24.4 Å². The first-order valence-electron chi connectivity index (χ1n) is 5.28. The summed E-state index contributed by atoms with van der Waals surface area (Å²) in [6.07, 6.45) is 1.42. The first kappa shape index (κ1) is 14.4. The van der Waals surface area contributed by atoms with Crippen molar-refractivity contribution in [3.05, 3.63) is 44.1 Å². The molecular weight excluding hydrogens is 391 g/mol. The molecule has 1 aromatic carbocycles. The number of rotatable bonds is 2. The van der Waals surface area contributed by atoms with Crippen molar-refractivity contribution in [2.24, 2.45) is 0 Å². The summed E-state index contributed by atoms with van der Waals surface area (Å²) in [7, 11) is 0. The summed E-state index contributed by atoms with van der Waals surface area (Å²) in [5.74, 6) is 0.453. The Hall–Kier alpha value is -2.03. The molecule has 0 bridgehead atoms. The van der Waals surface area contributed by atoms with E-state index in [1.54, 1.807) is 6.07 Å². The lowest BCUT2D eigenvalue weighted by molar-refractivity contribution is 0.462. The van der Waals surface area contributed by atoms with Gasteiger partial charge in [0.1, 0.15) is 11.1 Å². The predicted octanol–water partition coefficient (Wildman–Crippen LogP) is 3.46. The maximum Gasteiger partial charge on any atom is 0.239 e. The zero-order chi connectivity index (χ0) is 14.7. The molecular formula is C13H6ClIN4O. The lowest BCUT2D eigenvalue weighted by atomic mass is 10.2. The highest BCUT2D eigenvalue weighted by molar-refractivity contribution is 14.1. The van der Waals surface area contributed by atoms with Gasteiger partial charge in [-0.25, -0.2) is 4.98 Å². The average molecular weight is 397 g/mol. The molecule has 0 fully saturated rings. The number of hydrogen-bond donors (Lipinski definition) is 1. The van der Waals surface area contributed by atoms with Crippen LogP contribution in [-0.4, -0.2) is 4.98 Å². The molecule has 0 saturated heterocycles. The van der Waals surface area contributed by atoms with Crippen LogP contribution in [0.1, 0.15) is 11.1 Å². The number of nitrogens with two attached hydrogens (primary N) is 1. The highest BCUT2D eigenvalue weighted by Gasteiger charge is 2.14. The Kier molecular flexibility index (Phi) is 4.28. The number of anilines is 1. The topological polar surface area (TPSA) is 95.7 Å². The fourth-order valence-electron chi connectivity index (χ4n) is 1.47. The number of nitriles is 2. The van der Waals surface area contributed by atoms with E-state index in [4.69, 9.17) is 32.6 Å². The number of hydrogen-bond acceptors (Lipinski definition) is 5. The van der Waals surface area contributed by atoms with Crippen LogP contribution >= 0.6 is 34.2 Å². The molecule has 0 aliphatic carbocycles. The van der Waals surface area contributed by atoms with Crippen LogP contribution in [-0.2, 0) is 0 Å². The Labute approximate surface area is 133 Å². The largest absolute Gasteiger partial charge is 0.434 e. The van der Waals surface area contributed by atoms with Crippen LogP contribution in [0.5, 0.6) is 11.6 Å². The molecule has 20 heavy (non-hydrogen) atoms. The molecule has 0 radical (unpaired) electrons. The molecule has 0 spiro atoms. The van der Waals surface area contributed by atoms with E-state index in [0.717, 1.165) is 0 Å². The average Bonchev–Trinajstić information content (AvgIpc) is 2.44. The molecule has 0 saturated carbocycles. The number of nitrogen functional groups attached to an aromatic ring is 1. The van der Waals surface area contributed by atoms with Crippen molar-refractivity contribution in [2.75, 3.05) is 5.73 Å². The number of benzene rings is 1. The van der Waals surface area contributed by atoms with Crippen molar-refractivity contribution in [3.8, 4) is 23.8 Å². The van der Waals surface area contributed by atoms with Gasteiger partial charge < -0.3 is 10.5 Å². The zero-order valence-electron chi connectivity index (χ0n) is 9.89. The smallest absolute Gasteiger partial charge is 0.239 e. The van der Waals surface area contributed by atoms with Gasteiger partial charge in [0, 0.05) is 6.20 Å². The Morgan fingerprint density at radius 1 is 1.30 bits per heavy atom. The molecule has 0 aliphatic heterocycles. The number of halogens is 2. The normalized spacial score (nSPS) is 9.60. The van der Waals surface area contributed by atoms with Crippen molar-refractivity contribution in [3.63, 3.8) is 0 Å². The van der Waals surface area contributed by atoms with Crippen LogP contribution in [0, 0.1) is 26.2 Å². The lowest BCUT2D eigenvalue weighted by Gasteiger charge is -2.11. The lowest BCUT2D eigenvalue weighted by Crippen LogP contribution is -1.98. The van der Waals surface area contributed by atoms with E-state index in [2.05, 4.69) is 4.98 Å². The van der Waals surface area contributed by atoms with Gasteiger partial charge in [-0.05, 0) is 40.8 Å². The summed E-state index contributed by atoms with van der Waals surface area (Å²) >= 11 is 8.02. The second kappa shape index (κ2) is 5.95. The van der Waals surface area contributed by atoms with Gasteiger partial charge in [0.15, 0.2) is 5.75 Å². The highest BCUT2D eigenvalue weighted by Crippen LogP contribution is 2.36. The number of nitrogens with zero attached hydrogens (tertiary/aromatic N) is 3. The van der Waals surface area contributed by atoms with Crippen molar-refractivity contribution in [2.45, 2.75) is 0 Å². The van der Waals surface area contributed by atoms with E-state index >= 15 is 0 Å². The molecule has 1 heterocycles. The molecule has 2 rings (SSSR count).